The smallest absolute Gasteiger partial charge is 0.268 e. The maximum absolute atomic E-state index is 14.4. The Morgan fingerprint density at radius 3 is 2.71 bits per heavy atom. The molecule has 148 valence electrons. The third-order valence-corrected chi connectivity index (χ3v) is 5.40. The largest absolute Gasteiger partial charge is 0.371 e. The number of carbonyl (C=O) groups is 1. The zero-order chi connectivity index (χ0) is 20.4. The van der Waals surface area contributed by atoms with E-state index >= 15 is 0 Å². The maximum Gasteiger partial charge on any atom is 0.268 e. The minimum Gasteiger partial charge on any atom is -0.371 e. The molecule has 1 atom stereocenters. The number of rotatable bonds is 6. The van der Waals surface area contributed by atoms with Crippen LogP contribution in [0.1, 0.15) is 34.6 Å². The molecule has 8 heteroatoms. The predicted molar refractivity (Wildman–Crippen MR) is 107 cm³/mol. The fourth-order valence-electron chi connectivity index (χ4n) is 3.09. The van der Waals surface area contributed by atoms with E-state index in [0.717, 1.165) is 5.52 Å². The molecule has 0 saturated carbocycles. The molecule has 0 bridgehead atoms. The Morgan fingerprint density at radius 2 is 2.04 bits per heavy atom. The molecule has 0 fully saturated rings. The standard InChI is InChI=1S/C20H19Cl2FN2O3/c1-11(13-4-3-12(7-16(13)23)9-28-10-26)24-20(27)18-8-14-17(25(18)2)6-5-15(21)19(14)22/h3-8,11,26H,9-10H2,1-2H3,(H,24,27). The lowest BCUT2D eigenvalue weighted by Crippen LogP contribution is -2.28. The third-order valence-electron chi connectivity index (χ3n) is 4.59. The summed E-state index contributed by atoms with van der Waals surface area (Å²) in [4.78, 5) is 12.8. The fraction of sp³-hybridized carbons (Fsp3) is 0.250. The van der Waals surface area contributed by atoms with Gasteiger partial charge in [0.25, 0.3) is 5.91 Å². The molecule has 1 unspecified atom stereocenters. The van der Waals surface area contributed by atoms with Crippen molar-refractivity contribution in [2.45, 2.75) is 19.6 Å². The lowest BCUT2D eigenvalue weighted by atomic mass is 10.1. The number of hydrogen-bond acceptors (Lipinski definition) is 3. The summed E-state index contributed by atoms with van der Waals surface area (Å²) in [7, 11) is 1.75. The number of aromatic nitrogens is 1. The van der Waals surface area contributed by atoms with Crippen molar-refractivity contribution in [1.82, 2.24) is 9.88 Å². The lowest BCUT2D eigenvalue weighted by Gasteiger charge is -2.16. The minimum atomic E-state index is -0.558. The number of amides is 1. The van der Waals surface area contributed by atoms with Gasteiger partial charge in [-0.3, -0.25) is 4.79 Å². The lowest BCUT2D eigenvalue weighted by molar-refractivity contribution is -0.0113. The van der Waals surface area contributed by atoms with Crippen LogP contribution in [0.3, 0.4) is 0 Å². The van der Waals surface area contributed by atoms with E-state index in [1.165, 1.54) is 6.07 Å². The topological polar surface area (TPSA) is 63.5 Å². The first-order chi connectivity index (χ1) is 13.3. The molecule has 3 rings (SSSR count). The van der Waals surface area contributed by atoms with Gasteiger partial charge in [-0.15, -0.1) is 0 Å². The summed E-state index contributed by atoms with van der Waals surface area (Å²) in [6.07, 6.45) is 0. The first-order valence-electron chi connectivity index (χ1n) is 8.54. The van der Waals surface area contributed by atoms with Crippen molar-refractivity contribution in [3.63, 3.8) is 0 Å². The molecule has 0 radical (unpaired) electrons. The van der Waals surface area contributed by atoms with Crippen molar-refractivity contribution >= 4 is 40.0 Å². The quantitative estimate of drug-likeness (QED) is 0.569. The molecule has 0 aliphatic carbocycles. The van der Waals surface area contributed by atoms with Crippen molar-refractivity contribution < 1.29 is 19.0 Å². The van der Waals surface area contributed by atoms with Crippen LogP contribution in [-0.2, 0) is 18.4 Å². The summed E-state index contributed by atoms with van der Waals surface area (Å²) in [5.41, 5.74) is 2.10. The molecule has 0 saturated heterocycles. The molecule has 1 aromatic heterocycles. The van der Waals surface area contributed by atoms with Crippen LogP contribution < -0.4 is 5.32 Å². The molecular formula is C20H19Cl2FN2O3. The van der Waals surface area contributed by atoms with Gasteiger partial charge in [-0.25, -0.2) is 4.39 Å². The van der Waals surface area contributed by atoms with Crippen LogP contribution in [0.25, 0.3) is 10.9 Å². The van der Waals surface area contributed by atoms with Crippen molar-refractivity contribution in [3.05, 3.63) is 69.1 Å². The molecule has 0 aliphatic rings. The molecule has 1 amide bonds. The van der Waals surface area contributed by atoms with Crippen LogP contribution in [0.5, 0.6) is 0 Å². The molecule has 0 spiro atoms. The van der Waals surface area contributed by atoms with Crippen molar-refractivity contribution in [2.75, 3.05) is 6.79 Å². The van der Waals surface area contributed by atoms with Gasteiger partial charge in [-0.1, -0.05) is 35.3 Å². The molecular weight excluding hydrogens is 406 g/mol. The average Bonchev–Trinajstić information content (AvgIpc) is 3.00. The fourth-order valence-corrected chi connectivity index (χ4v) is 3.47. The summed E-state index contributed by atoms with van der Waals surface area (Å²) in [5.74, 6) is -0.816. The van der Waals surface area contributed by atoms with Crippen molar-refractivity contribution in [2.24, 2.45) is 7.05 Å². The number of aliphatic hydroxyl groups is 1. The normalized spacial score (nSPS) is 12.4. The highest BCUT2D eigenvalue weighted by molar-refractivity contribution is 6.45. The monoisotopic (exact) mass is 424 g/mol. The highest BCUT2D eigenvalue weighted by Crippen LogP contribution is 2.32. The zero-order valence-corrected chi connectivity index (χ0v) is 16.8. The summed E-state index contributed by atoms with van der Waals surface area (Å²) < 4.78 is 21.0. The van der Waals surface area contributed by atoms with Gasteiger partial charge in [-0.2, -0.15) is 0 Å². The molecule has 5 nitrogen and oxygen atoms in total. The second-order valence-electron chi connectivity index (χ2n) is 6.41. The van der Waals surface area contributed by atoms with Gasteiger partial charge >= 0.3 is 0 Å². The first kappa shape index (κ1) is 20.6. The van der Waals surface area contributed by atoms with Crippen LogP contribution in [0.4, 0.5) is 4.39 Å². The highest BCUT2D eigenvalue weighted by Gasteiger charge is 2.20. The van der Waals surface area contributed by atoms with E-state index in [1.54, 1.807) is 48.9 Å². The van der Waals surface area contributed by atoms with E-state index in [-0.39, 0.29) is 12.5 Å². The summed E-state index contributed by atoms with van der Waals surface area (Å²) in [6.45, 7) is 1.37. The number of ether oxygens (including phenoxy) is 1. The number of hydrogen-bond donors (Lipinski definition) is 2. The number of aryl methyl sites for hydroxylation is 1. The van der Waals surface area contributed by atoms with Crippen molar-refractivity contribution in [3.8, 4) is 0 Å². The summed E-state index contributed by atoms with van der Waals surface area (Å²) in [6, 6.07) is 9.18. The van der Waals surface area contributed by atoms with E-state index in [2.05, 4.69) is 5.32 Å². The third kappa shape index (κ3) is 4.00. The van der Waals surface area contributed by atoms with Gasteiger partial charge in [0, 0.05) is 23.5 Å². The maximum atomic E-state index is 14.4. The number of benzene rings is 2. The second-order valence-corrected chi connectivity index (χ2v) is 7.20. The van der Waals surface area contributed by atoms with E-state index in [4.69, 9.17) is 33.0 Å². The Balaban J connectivity index is 1.82. The van der Waals surface area contributed by atoms with Gasteiger partial charge in [0.05, 0.1) is 22.7 Å². The first-order valence-corrected chi connectivity index (χ1v) is 9.30. The number of nitrogens with zero attached hydrogens (tertiary/aromatic N) is 1. The summed E-state index contributed by atoms with van der Waals surface area (Å²) >= 11 is 12.3. The predicted octanol–water partition coefficient (Wildman–Crippen LogP) is 4.58. The highest BCUT2D eigenvalue weighted by atomic mass is 35.5. The Kier molecular flexibility index (Phi) is 6.25. The Hall–Kier alpha value is -2.12. The van der Waals surface area contributed by atoms with Crippen LogP contribution in [-0.4, -0.2) is 22.4 Å². The second kappa shape index (κ2) is 8.49. The van der Waals surface area contributed by atoms with Crippen LogP contribution >= 0.6 is 23.2 Å². The number of aliphatic hydroxyl groups excluding tert-OH is 1. The summed E-state index contributed by atoms with van der Waals surface area (Å²) in [5, 5.41) is 12.9. The van der Waals surface area contributed by atoms with Crippen LogP contribution in [0.15, 0.2) is 36.4 Å². The number of carbonyl (C=O) groups excluding carboxylic acids is 1. The van der Waals surface area contributed by atoms with E-state index in [1.807, 2.05) is 0 Å². The zero-order valence-electron chi connectivity index (χ0n) is 15.3. The Bertz CT molecular complexity index is 1040. The van der Waals surface area contributed by atoms with Gasteiger partial charge in [0.2, 0.25) is 0 Å². The molecule has 2 N–H and O–H groups in total. The minimum absolute atomic E-state index is 0.105. The molecule has 28 heavy (non-hydrogen) atoms. The van der Waals surface area contributed by atoms with E-state index in [9.17, 15) is 9.18 Å². The van der Waals surface area contributed by atoms with Gasteiger partial charge < -0.3 is 19.7 Å². The molecule has 3 aromatic rings. The number of nitrogens with one attached hydrogen (secondary N) is 1. The molecule has 1 heterocycles. The van der Waals surface area contributed by atoms with Crippen LogP contribution in [0, 0.1) is 5.82 Å². The van der Waals surface area contributed by atoms with Gasteiger partial charge in [0.1, 0.15) is 18.3 Å². The van der Waals surface area contributed by atoms with E-state index < -0.39 is 18.7 Å². The number of fused-ring (bicyclic) bond motifs is 1. The Labute approximate surface area is 171 Å². The Morgan fingerprint density at radius 1 is 1.29 bits per heavy atom. The van der Waals surface area contributed by atoms with Gasteiger partial charge in [0.15, 0.2) is 0 Å². The number of halogens is 3. The molecule has 2 aromatic carbocycles. The average molecular weight is 425 g/mol. The van der Waals surface area contributed by atoms with Crippen LogP contribution in [0.2, 0.25) is 10.0 Å². The van der Waals surface area contributed by atoms with Crippen molar-refractivity contribution in [1.29, 1.82) is 0 Å². The van der Waals surface area contributed by atoms with E-state index in [0.29, 0.717) is 32.3 Å². The SMILES string of the molecule is CC(NC(=O)c1cc2c(Cl)c(Cl)ccc2n1C)c1ccc(COCO)cc1F. The van der Waals surface area contributed by atoms with Gasteiger partial charge in [-0.05, 0) is 36.8 Å². The molecule has 0 aliphatic heterocycles.